The zero-order chi connectivity index (χ0) is 46.2. The fourth-order valence-electron chi connectivity index (χ4n) is 8.57. The molecule has 0 N–H and O–H groups in total. The van der Waals surface area contributed by atoms with Crippen molar-refractivity contribution in [3.63, 3.8) is 0 Å². The van der Waals surface area contributed by atoms with Crippen LogP contribution in [0, 0.1) is 0 Å². The van der Waals surface area contributed by atoms with Crippen molar-refractivity contribution < 1.29 is 28.5 Å². The lowest BCUT2D eigenvalue weighted by molar-refractivity contribution is -0.134. The first kappa shape index (κ1) is 59.6. The molecule has 1 aromatic rings. The molecule has 374 valence electrons. The van der Waals surface area contributed by atoms with Gasteiger partial charge in [0.1, 0.15) is 0 Å². The molecule has 0 saturated heterocycles. The van der Waals surface area contributed by atoms with E-state index in [9.17, 15) is 4.79 Å². The van der Waals surface area contributed by atoms with Crippen LogP contribution < -0.4 is 18.9 Å². The van der Waals surface area contributed by atoms with E-state index in [1.54, 1.807) is 6.08 Å². The van der Waals surface area contributed by atoms with Gasteiger partial charge in [0.05, 0.1) is 39.1 Å². The third kappa shape index (κ3) is 34.9. The first-order valence-corrected chi connectivity index (χ1v) is 28.1. The molecule has 0 aliphatic heterocycles. The van der Waals surface area contributed by atoms with Crippen molar-refractivity contribution >= 4 is 12.0 Å². The summed E-state index contributed by atoms with van der Waals surface area (Å²) in [4.78, 5) is 12.6. The van der Waals surface area contributed by atoms with E-state index in [2.05, 4.69) is 27.7 Å². The van der Waals surface area contributed by atoms with Gasteiger partial charge >= 0.3 is 5.97 Å². The largest absolute Gasteiger partial charge is 0.490 e. The van der Waals surface area contributed by atoms with E-state index in [0.29, 0.717) is 55.0 Å². The van der Waals surface area contributed by atoms with Crippen molar-refractivity contribution in [3.8, 4) is 23.0 Å². The normalized spacial score (nSPS) is 11.5. The third-order valence-corrected chi connectivity index (χ3v) is 12.8. The summed E-state index contributed by atoms with van der Waals surface area (Å²) in [5.41, 5.74) is 0.711. The Morgan fingerprint density at radius 2 is 0.594 bits per heavy atom. The minimum absolute atomic E-state index is 0.411. The van der Waals surface area contributed by atoms with E-state index in [1.807, 2.05) is 6.07 Å². The van der Waals surface area contributed by atoms with E-state index in [4.69, 9.17) is 23.7 Å². The Balaban J connectivity index is 3.18. The lowest BCUT2D eigenvalue weighted by Gasteiger charge is -2.22. The van der Waals surface area contributed by atoms with Gasteiger partial charge in [-0.2, -0.15) is 0 Å². The number of rotatable bonds is 50. The Labute approximate surface area is 397 Å². The summed E-state index contributed by atoms with van der Waals surface area (Å²) in [6.45, 7) is 11.5. The van der Waals surface area contributed by atoms with Crippen LogP contribution in [-0.2, 0) is 9.53 Å². The fourth-order valence-corrected chi connectivity index (χ4v) is 8.57. The highest BCUT2D eigenvalue weighted by molar-refractivity contribution is 5.89. The van der Waals surface area contributed by atoms with Crippen molar-refractivity contribution in [3.05, 3.63) is 17.7 Å². The number of esters is 1. The second-order valence-corrected chi connectivity index (χ2v) is 18.9. The Morgan fingerprint density at radius 3 is 0.844 bits per heavy atom. The summed E-state index contributed by atoms with van der Waals surface area (Å²) in [6.07, 6.45) is 54.2. The maximum Gasteiger partial charge on any atom is 0.330 e. The Morgan fingerprint density at radius 1 is 0.359 bits per heavy atom. The van der Waals surface area contributed by atoms with Gasteiger partial charge in [-0.3, -0.25) is 0 Å². The van der Waals surface area contributed by atoms with Gasteiger partial charge in [0.2, 0.25) is 0 Å². The van der Waals surface area contributed by atoms with Gasteiger partial charge < -0.3 is 23.7 Å². The minimum Gasteiger partial charge on any atom is -0.490 e. The average Bonchev–Trinajstić information content (AvgIpc) is 3.30. The molecule has 0 heterocycles. The highest BCUT2D eigenvalue weighted by Crippen LogP contribution is 2.46. The number of ether oxygens (including phenoxy) is 5. The molecular weight excluding hydrogens is 793 g/mol. The molecular formula is C58H106O6. The number of methoxy groups -OCH3 is 1. The number of unbranched alkanes of at least 4 members (excludes halogenated alkanes) is 36. The van der Waals surface area contributed by atoms with Crippen molar-refractivity contribution in [2.75, 3.05) is 33.5 Å². The van der Waals surface area contributed by atoms with Crippen molar-refractivity contribution in [2.24, 2.45) is 0 Å². The molecule has 0 saturated carbocycles. The van der Waals surface area contributed by atoms with E-state index in [1.165, 1.54) is 219 Å². The predicted octanol–water partition coefficient (Wildman–Crippen LogP) is 19.1. The first-order valence-electron chi connectivity index (χ1n) is 28.1. The van der Waals surface area contributed by atoms with E-state index < -0.39 is 5.97 Å². The van der Waals surface area contributed by atoms with Gasteiger partial charge in [-0.05, 0) is 31.8 Å². The molecule has 0 amide bonds. The molecule has 0 fully saturated rings. The van der Waals surface area contributed by atoms with Crippen LogP contribution in [0.4, 0.5) is 0 Å². The standard InChI is InChI=1S/C58H106O6/c1-6-10-14-18-22-26-30-34-38-42-48-61-54-52-55(62-49-43-39-35-31-27-23-19-15-11-7-2)58(64-51-45-41-37-33-29-25-21-17-13-9-4)53(46-47-56(59)60-5)57(54)63-50-44-40-36-32-28-24-20-16-12-8-3/h46-47,52H,6-45,48-51H2,1-5H3. The van der Waals surface area contributed by atoms with Crippen molar-refractivity contribution in [1.82, 2.24) is 0 Å². The molecule has 0 radical (unpaired) electrons. The van der Waals surface area contributed by atoms with Gasteiger partial charge in [0, 0.05) is 12.1 Å². The highest BCUT2D eigenvalue weighted by atomic mass is 16.5. The SMILES string of the molecule is CCCCCCCCCCCCOc1cc(OCCCCCCCCCCCC)c(OCCCCCCCCCCCC)c(C=CC(=O)OC)c1OCCCCCCCCCCCC. The summed E-state index contributed by atoms with van der Waals surface area (Å²) >= 11 is 0. The second-order valence-electron chi connectivity index (χ2n) is 18.9. The van der Waals surface area contributed by atoms with E-state index in [0.717, 1.165) is 51.4 Å². The zero-order valence-corrected chi connectivity index (χ0v) is 43.3. The number of hydrogen-bond donors (Lipinski definition) is 0. The smallest absolute Gasteiger partial charge is 0.330 e. The van der Waals surface area contributed by atoms with Crippen LogP contribution in [0.1, 0.15) is 290 Å². The van der Waals surface area contributed by atoms with Gasteiger partial charge in [-0.15, -0.1) is 0 Å². The molecule has 64 heavy (non-hydrogen) atoms. The van der Waals surface area contributed by atoms with Crippen LogP contribution in [0.15, 0.2) is 12.1 Å². The lowest BCUT2D eigenvalue weighted by Crippen LogP contribution is -2.09. The summed E-state index contributed by atoms with van der Waals surface area (Å²) in [7, 11) is 1.42. The van der Waals surface area contributed by atoms with Crippen molar-refractivity contribution in [1.29, 1.82) is 0 Å². The van der Waals surface area contributed by atoms with Crippen LogP contribution in [0.2, 0.25) is 0 Å². The maximum atomic E-state index is 12.6. The van der Waals surface area contributed by atoms with Gasteiger partial charge in [0.15, 0.2) is 23.0 Å². The highest BCUT2D eigenvalue weighted by Gasteiger charge is 2.23. The monoisotopic (exact) mass is 899 g/mol. The quantitative estimate of drug-likeness (QED) is 0.0369. The molecule has 0 atom stereocenters. The fraction of sp³-hybridized carbons (Fsp3) is 0.845. The molecule has 0 aliphatic rings. The molecule has 0 spiro atoms. The van der Waals surface area contributed by atoms with Crippen molar-refractivity contribution in [2.45, 2.75) is 285 Å². The Kier molecular flexibility index (Phi) is 43.9. The van der Waals surface area contributed by atoms with Crippen LogP contribution >= 0.6 is 0 Å². The summed E-state index contributed by atoms with van der Waals surface area (Å²) in [5.74, 6) is 2.24. The maximum absolute atomic E-state index is 12.6. The second kappa shape index (κ2) is 47.1. The number of carbonyl (C=O) groups excluding carboxylic acids is 1. The average molecular weight is 899 g/mol. The molecule has 1 aromatic carbocycles. The Hall–Kier alpha value is -2.37. The lowest BCUT2D eigenvalue weighted by atomic mass is 10.1. The molecule has 0 unspecified atom stereocenters. The van der Waals surface area contributed by atoms with Crippen LogP contribution in [0.5, 0.6) is 23.0 Å². The molecule has 0 aliphatic carbocycles. The number of hydrogen-bond acceptors (Lipinski definition) is 6. The summed E-state index contributed by atoms with van der Waals surface area (Å²) < 4.78 is 31.8. The van der Waals surface area contributed by atoms with Crippen LogP contribution in [0.25, 0.3) is 6.08 Å². The first-order chi connectivity index (χ1) is 31.6. The molecule has 6 nitrogen and oxygen atoms in total. The zero-order valence-electron chi connectivity index (χ0n) is 43.3. The molecule has 0 aromatic heterocycles. The number of carbonyl (C=O) groups is 1. The predicted molar refractivity (Wildman–Crippen MR) is 277 cm³/mol. The summed E-state index contributed by atoms with van der Waals surface area (Å²) in [6, 6.07) is 2.02. The van der Waals surface area contributed by atoms with Gasteiger partial charge in [-0.1, -0.05) is 259 Å². The van der Waals surface area contributed by atoms with E-state index >= 15 is 0 Å². The van der Waals surface area contributed by atoms with Crippen LogP contribution in [0.3, 0.4) is 0 Å². The van der Waals surface area contributed by atoms with E-state index in [-0.39, 0.29) is 0 Å². The topological polar surface area (TPSA) is 63.2 Å². The van der Waals surface area contributed by atoms with Gasteiger partial charge in [-0.25, -0.2) is 4.79 Å². The van der Waals surface area contributed by atoms with Gasteiger partial charge in [0.25, 0.3) is 0 Å². The molecule has 0 bridgehead atoms. The molecule has 6 heteroatoms. The third-order valence-electron chi connectivity index (χ3n) is 12.8. The minimum atomic E-state index is -0.411. The molecule has 1 rings (SSSR count). The Bertz CT molecular complexity index is 1110. The number of benzene rings is 1. The van der Waals surface area contributed by atoms with Crippen LogP contribution in [-0.4, -0.2) is 39.5 Å². The summed E-state index contributed by atoms with van der Waals surface area (Å²) in [5, 5.41) is 0.